The Labute approximate surface area is 140 Å². The van der Waals surface area contributed by atoms with Crippen molar-refractivity contribution in [3.8, 4) is 0 Å². The Morgan fingerprint density at radius 2 is 1.52 bits per heavy atom. The number of aromatic nitrogens is 4. The van der Waals surface area contributed by atoms with Crippen LogP contribution in [0.15, 0.2) is 0 Å². The molecule has 1 saturated carbocycles. The molecule has 0 unspecified atom stereocenters. The number of hydrogen-bond donors (Lipinski definition) is 2. The number of hydrogen-bond acceptors (Lipinski definition) is 8. The van der Waals surface area contributed by atoms with Crippen LogP contribution in [0.4, 0.5) is 10.3 Å². The number of anilines is 2. The lowest BCUT2D eigenvalue weighted by atomic mass is 9.90. The zero-order valence-corrected chi connectivity index (χ0v) is 14.2. The Morgan fingerprint density at radius 1 is 0.913 bits per heavy atom. The maximum atomic E-state index is 11.9. The molecule has 0 radical (unpaired) electrons. The predicted molar refractivity (Wildman–Crippen MR) is 87.6 cm³/mol. The maximum Gasteiger partial charge on any atom is 0.315 e. The Bertz CT molecular complexity index is 707. The average Bonchev–Trinajstić information content (AvgIpc) is 3.17. The highest BCUT2D eigenvalue weighted by atomic mass is 32.1. The molecule has 0 saturated heterocycles. The van der Waals surface area contributed by atoms with Crippen molar-refractivity contribution < 1.29 is 9.59 Å². The largest absolute Gasteiger partial charge is 0.315 e. The molecule has 122 valence electrons. The number of aryl methyl sites for hydroxylation is 1. The molecule has 0 spiro atoms. The molecule has 0 atom stereocenters. The first-order valence-electron chi connectivity index (χ1n) is 7.37. The van der Waals surface area contributed by atoms with Gasteiger partial charge in [-0.1, -0.05) is 41.9 Å². The number of nitrogens with zero attached hydrogens (tertiary/aromatic N) is 4. The van der Waals surface area contributed by atoms with Crippen LogP contribution in [0.2, 0.25) is 0 Å². The van der Waals surface area contributed by atoms with Crippen LogP contribution in [-0.2, 0) is 9.59 Å². The average molecular weight is 352 g/mol. The molecule has 1 aliphatic carbocycles. The molecule has 2 aromatic rings. The molecule has 2 N–H and O–H groups in total. The minimum Gasteiger partial charge on any atom is -0.292 e. The molecular formula is C13H16N6O2S2. The topological polar surface area (TPSA) is 110 Å². The summed E-state index contributed by atoms with van der Waals surface area (Å²) in [5, 5.41) is 22.8. The van der Waals surface area contributed by atoms with E-state index in [4.69, 9.17) is 0 Å². The molecule has 2 aromatic heterocycles. The fraction of sp³-hybridized carbons (Fsp3) is 0.538. The van der Waals surface area contributed by atoms with Gasteiger partial charge in [0.2, 0.25) is 10.3 Å². The van der Waals surface area contributed by atoms with Gasteiger partial charge in [0.05, 0.1) is 0 Å². The summed E-state index contributed by atoms with van der Waals surface area (Å²) >= 11 is 2.54. The van der Waals surface area contributed by atoms with E-state index in [-0.39, 0.29) is 0 Å². The highest BCUT2D eigenvalue weighted by Crippen LogP contribution is 2.35. The second-order valence-electron chi connectivity index (χ2n) is 5.31. The summed E-state index contributed by atoms with van der Waals surface area (Å²) in [6, 6.07) is 0. The third-order valence-electron chi connectivity index (χ3n) is 3.57. The van der Waals surface area contributed by atoms with Gasteiger partial charge in [0.15, 0.2) is 0 Å². The van der Waals surface area contributed by atoms with Crippen LogP contribution < -0.4 is 10.6 Å². The van der Waals surface area contributed by atoms with Crippen LogP contribution in [0.25, 0.3) is 0 Å². The predicted octanol–water partition coefficient (Wildman–Crippen LogP) is 2.32. The van der Waals surface area contributed by atoms with Crippen LogP contribution in [0.1, 0.15) is 48.0 Å². The molecule has 10 heteroatoms. The molecule has 2 heterocycles. The van der Waals surface area contributed by atoms with Crippen LogP contribution in [0.3, 0.4) is 0 Å². The second-order valence-corrected chi connectivity index (χ2v) is 7.51. The molecule has 2 amide bonds. The van der Waals surface area contributed by atoms with Gasteiger partial charge in [-0.2, -0.15) is 0 Å². The number of carbonyl (C=O) groups is 2. The Hall–Kier alpha value is -1.94. The van der Waals surface area contributed by atoms with Crippen LogP contribution >= 0.6 is 22.7 Å². The van der Waals surface area contributed by atoms with Crippen molar-refractivity contribution >= 4 is 44.8 Å². The summed E-state index contributed by atoms with van der Waals surface area (Å²) in [6.45, 7) is 1.77. The molecule has 0 bridgehead atoms. The molecule has 3 rings (SSSR count). The van der Waals surface area contributed by atoms with Crippen LogP contribution in [0.5, 0.6) is 0 Å². The summed E-state index contributed by atoms with van der Waals surface area (Å²) in [7, 11) is 0. The number of nitrogens with one attached hydrogen (secondary N) is 2. The number of rotatable bonds is 3. The molecule has 0 aromatic carbocycles. The standard InChI is InChI=1S/C13H16N6O2S2/c1-7-16-18-12(22-7)14-9(20)10(21)15-13-19-17-11(23-13)8-5-3-2-4-6-8/h8H,2-6H2,1H3,(H,14,18,20)(H,15,19,21). The third kappa shape index (κ3) is 4.08. The van der Waals surface area contributed by atoms with Crippen molar-refractivity contribution in [2.45, 2.75) is 44.9 Å². The molecule has 1 fully saturated rings. The summed E-state index contributed by atoms with van der Waals surface area (Å²) in [5.41, 5.74) is 0. The normalized spacial score (nSPS) is 15.3. The maximum absolute atomic E-state index is 11.9. The van der Waals surface area contributed by atoms with Gasteiger partial charge in [-0.3, -0.25) is 20.2 Å². The Balaban J connectivity index is 1.57. The van der Waals surface area contributed by atoms with Gasteiger partial charge in [-0.15, -0.1) is 20.4 Å². The van der Waals surface area contributed by atoms with E-state index >= 15 is 0 Å². The zero-order valence-electron chi connectivity index (χ0n) is 12.5. The van der Waals surface area contributed by atoms with Crippen molar-refractivity contribution in [1.82, 2.24) is 20.4 Å². The summed E-state index contributed by atoms with van der Waals surface area (Å²) < 4.78 is 0. The van der Waals surface area contributed by atoms with Gasteiger partial charge in [0.1, 0.15) is 10.0 Å². The Morgan fingerprint density at radius 3 is 2.13 bits per heavy atom. The van der Waals surface area contributed by atoms with Gasteiger partial charge in [-0.25, -0.2) is 0 Å². The molecule has 8 nitrogen and oxygen atoms in total. The number of carbonyl (C=O) groups excluding carboxylic acids is 2. The van der Waals surface area contributed by atoms with E-state index in [0.717, 1.165) is 17.8 Å². The first-order valence-corrected chi connectivity index (χ1v) is 9.01. The van der Waals surface area contributed by atoms with Crippen molar-refractivity contribution in [3.05, 3.63) is 10.0 Å². The van der Waals surface area contributed by atoms with E-state index in [9.17, 15) is 9.59 Å². The lowest BCUT2D eigenvalue weighted by Gasteiger charge is -2.18. The van der Waals surface area contributed by atoms with E-state index < -0.39 is 11.8 Å². The quantitative estimate of drug-likeness (QED) is 0.820. The molecule has 0 aliphatic heterocycles. The summed E-state index contributed by atoms with van der Waals surface area (Å²) in [6.07, 6.45) is 5.90. The van der Waals surface area contributed by atoms with E-state index in [1.54, 1.807) is 6.92 Å². The highest BCUT2D eigenvalue weighted by molar-refractivity contribution is 7.16. The Kier molecular flexibility index (Phi) is 4.91. The van der Waals surface area contributed by atoms with Crippen LogP contribution in [0, 0.1) is 6.92 Å². The first-order chi connectivity index (χ1) is 11.1. The lowest BCUT2D eigenvalue weighted by molar-refractivity contribution is -0.133. The molecule has 23 heavy (non-hydrogen) atoms. The van der Waals surface area contributed by atoms with E-state index in [0.29, 0.717) is 21.2 Å². The van der Waals surface area contributed by atoms with Crippen molar-refractivity contribution in [2.75, 3.05) is 10.6 Å². The highest BCUT2D eigenvalue weighted by Gasteiger charge is 2.22. The summed E-state index contributed by atoms with van der Waals surface area (Å²) in [4.78, 5) is 23.7. The fourth-order valence-electron chi connectivity index (χ4n) is 2.45. The third-order valence-corrected chi connectivity index (χ3v) is 5.32. The molecular weight excluding hydrogens is 336 g/mol. The van der Waals surface area contributed by atoms with Gasteiger partial charge in [0, 0.05) is 5.92 Å². The summed E-state index contributed by atoms with van der Waals surface area (Å²) in [5.74, 6) is -1.16. The van der Waals surface area contributed by atoms with Gasteiger partial charge in [-0.05, 0) is 19.8 Å². The van der Waals surface area contributed by atoms with Crippen molar-refractivity contribution in [1.29, 1.82) is 0 Å². The minimum absolute atomic E-state index is 0.294. The van der Waals surface area contributed by atoms with Crippen molar-refractivity contribution in [3.63, 3.8) is 0 Å². The van der Waals surface area contributed by atoms with E-state index in [1.807, 2.05) is 0 Å². The lowest BCUT2D eigenvalue weighted by Crippen LogP contribution is -2.29. The monoisotopic (exact) mass is 352 g/mol. The van der Waals surface area contributed by atoms with E-state index in [1.165, 1.54) is 41.9 Å². The SMILES string of the molecule is Cc1nnc(NC(=O)C(=O)Nc2nnc(C3CCCCC3)s2)s1. The van der Waals surface area contributed by atoms with E-state index in [2.05, 4.69) is 31.0 Å². The first kappa shape index (κ1) is 15.9. The van der Waals surface area contributed by atoms with Crippen molar-refractivity contribution in [2.24, 2.45) is 0 Å². The van der Waals surface area contributed by atoms with Gasteiger partial charge < -0.3 is 0 Å². The van der Waals surface area contributed by atoms with Gasteiger partial charge >= 0.3 is 11.8 Å². The minimum atomic E-state index is -0.796. The van der Waals surface area contributed by atoms with Crippen LogP contribution in [-0.4, -0.2) is 32.2 Å². The van der Waals surface area contributed by atoms with Gasteiger partial charge in [0.25, 0.3) is 0 Å². The smallest absolute Gasteiger partial charge is 0.292 e. The number of amides is 2. The molecule has 1 aliphatic rings. The second kappa shape index (κ2) is 7.09. The zero-order chi connectivity index (χ0) is 16.2. The fourth-order valence-corrected chi connectivity index (χ4v) is 3.95.